The lowest BCUT2D eigenvalue weighted by Crippen LogP contribution is -2.24. The van der Waals surface area contributed by atoms with Crippen molar-refractivity contribution in [2.45, 2.75) is 19.8 Å². The highest BCUT2D eigenvalue weighted by Crippen LogP contribution is 2.27. The highest BCUT2D eigenvalue weighted by molar-refractivity contribution is 6.03. The minimum Gasteiger partial charge on any atom is -0.493 e. The van der Waals surface area contributed by atoms with Gasteiger partial charge in [-0.25, -0.2) is 5.43 Å². The fourth-order valence-electron chi connectivity index (χ4n) is 2.19. The smallest absolute Gasteiger partial charge is 0.249 e. The van der Waals surface area contributed by atoms with Crippen molar-refractivity contribution in [2.75, 3.05) is 19.0 Å². The van der Waals surface area contributed by atoms with Crippen LogP contribution in [-0.2, 0) is 9.59 Å². The van der Waals surface area contributed by atoms with Crippen LogP contribution in [0, 0.1) is 0 Å². The molecule has 0 saturated heterocycles. The summed E-state index contributed by atoms with van der Waals surface area (Å²) < 4.78 is 10.9. The molecule has 2 rings (SSSR count). The molecule has 0 fully saturated rings. The van der Waals surface area contributed by atoms with Gasteiger partial charge < -0.3 is 14.8 Å². The van der Waals surface area contributed by atoms with Gasteiger partial charge in [-0.3, -0.25) is 9.59 Å². The summed E-state index contributed by atoms with van der Waals surface area (Å²) in [7, 11) is 1.56. The Bertz CT molecular complexity index is 791. The van der Waals surface area contributed by atoms with E-state index < -0.39 is 11.8 Å². The number of para-hydroxylation sites is 1. The van der Waals surface area contributed by atoms with Crippen molar-refractivity contribution < 1.29 is 19.1 Å². The molecule has 2 N–H and O–H groups in total. The van der Waals surface area contributed by atoms with E-state index in [0.29, 0.717) is 23.8 Å². The Hall–Kier alpha value is -3.35. The van der Waals surface area contributed by atoms with Gasteiger partial charge in [-0.1, -0.05) is 25.1 Å². The van der Waals surface area contributed by atoms with E-state index in [0.717, 1.165) is 12.0 Å². The molecule has 0 aliphatic heterocycles. The molecule has 0 atom stereocenters. The molecule has 2 aromatic rings. The Morgan fingerprint density at radius 1 is 1.07 bits per heavy atom. The van der Waals surface area contributed by atoms with Crippen molar-refractivity contribution in [2.24, 2.45) is 5.10 Å². The van der Waals surface area contributed by atoms with Crippen molar-refractivity contribution in [1.29, 1.82) is 0 Å². The van der Waals surface area contributed by atoms with Crippen LogP contribution in [0.3, 0.4) is 0 Å². The van der Waals surface area contributed by atoms with Crippen LogP contribution in [0.1, 0.15) is 25.3 Å². The number of benzene rings is 2. The summed E-state index contributed by atoms with van der Waals surface area (Å²) >= 11 is 0. The van der Waals surface area contributed by atoms with Gasteiger partial charge in [-0.05, 0) is 42.3 Å². The third-order valence-corrected chi connectivity index (χ3v) is 3.43. The minimum atomic E-state index is -0.505. The summed E-state index contributed by atoms with van der Waals surface area (Å²) in [6.45, 7) is 2.63. The maximum absolute atomic E-state index is 11.8. The molecule has 142 valence electrons. The van der Waals surface area contributed by atoms with Gasteiger partial charge in [-0.15, -0.1) is 0 Å². The summed E-state index contributed by atoms with van der Waals surface area (Å²) in [5.74, 6) is 0.321. The maximum atomic E-state index is 11.8. The quantitative estimate of drug-likeness (QED) is 0.404. The molecule has 0 saturated carbocycles. The zero-order chi connectivity index (χ0) is 19.5. The van der Waals surface area contributed by atoms with E-state index in [4.69, 9.17) is 9.47 Å². The Balaban J connectivity index is 1.85. The second kappa shape index (κ2) is 10.6. The van der Waals surface area contributed by atoms with E-state index in [2.05, 4.69) is 15.8 Å². The third-order valence-electron chi connectivity index (χ3n) is 3.43. The fourth-order valence-corrected chi connectivity index (χ4v) is 2.19. The van der Waals surface area contributed by atoms with Crippen LogP contribution in [0.15, 0.2) is 53.6 Å². The second-order valence-electron chi connectivity index (χ2n) is 5.64. The van der Waals surface area contributed by atoms with Crippen molar-refractivity contribution in [1.82, 2.24) is 5.43 Å². The van der Waals surface area contributed by atoms with Gasteiger partial charge >= 0.3 is 0 Å². The van der Waals surface area contributed by atoms with Gasteiger partial charge in [0.2, 0.25) is 11.8 Å². The lowest BCUT2D eigenvalue weighted by atomic mass is 10.2. The fraction of sp³-hybridized carbons (Fsp3) is 0.250. The molecule has 0 bridgehead atoms. The van der Waals surface area contributed by atoms with Crippen molar-refractivity contribution in [3.8, 4) is 11.5 Å². The first kappa shape index (κ1) is 20.0. The summed E-state index contributed by atoms with van der Waals surface area (Å²) in [4.78, 5) is 23.6. The predicted molar refractivity (Wildman–Crippen MR) is 104 cm³/mol. The summed E-state index contributed by atoms with van der Waals surface area (Å²) in [6.07, 6.45) is 2.05. The van der Waals surface area contributed by atoms with Crippen molar-refractivity contribution in [3.05, 3.63) is 54.1 Å². The monoisotopic (exact) mass is 369 g/mol. The zero-order valence-electron chi connectivity index (χ0n) is 15.4. The molecule has 0 aliphatic rings. The molecule has 0 heterocycles. The molecule has 0 radical (unpaired) electrons. The number of carbonyl (C=O) groups is 2. The SMILES string of the molecule is CCCOc1ccc(C=NNC(=O)CC(=O)Nc2ccccc2)cc1OC. The number of ether oxygens (including phenoxy) is 2. The van der Waals surface area contributed by atoms with Gasteiger partial charge in [0.1, 0.15) is 6.42 Å². The van der Waals surface area contributed by atoms with Crippen molar-refractivity contribution in [3.63, 3.8) is 0 Å². The first-order valence-corrected chi connectivity index (χ1v) is 8.60. The third kappa shape index (κ3) is 6.81. The Morgan fingerprint density at radius 2 is 1.85 bits per heavy atom. The molecule has 27 heavy (non-hydrogen) atoms. The van der Waals surface area contributed by atoms with E-state index in [1.54, 1.807) is 49.6 Å². The van der Waals surface area contributed by atoms with Crippen LogP contribution in [0.2, 0.25) is 0 Å². The van der Waals surface area contributed by atoms with Gasteiger partial charge in [-0.2, -0.15) is 5.10 Å². The molecule has 0 spiro atoms. The summed E-state index contributed by atoms with van der Waals surface area (Å²) in [5, 5.41) is 6.50. The van der Waals surface area contributed by atoms with Crippen LogP contribution in [0.4, 0.5) is 5.69 Å². The standard InChI is InChI=1S/C20H23N3O4/c1-3-11-27-17-10-9-15(12-18(17)26-2)14-21-23-20(25)13-19(24)22-16-7-5-4-6-8-16/h4-10,12,14H,3,11,13H2,1-2H3,(H,22,24)(H,23,25). The minimum absolute atomic E-state index is 0.320. The van der Waals surface area contributed by atoms with Crippen molar-refractivity contribution >= 4 is 23.7 Å². The molecular weight excluding hydrogens is 346 g/mol. The molecule has 7 nitrogen and oxygen atoms in total. The van der Waals surface area contributed by atoms with Crippen LogP contribution >= 0.6 is 0 Å². The topological polar surface area (TPSA) is 89.0 Å². The molecule has 0 aliphatic carbocycles. The average molecular weight is 369 g/mol. The zero-order valence-corrected chi connectivity index (χ0v) is 15.4. The number of hydrazone groups is 1. The maximum Gasteiger partial charge on any atom is 0.249 e. The van der Waals surface area contributed by atoms with E-state index in [1.165, 1.54) is 6.21 Å². The van der Waals surface area contributed by atoms with Crippen LogP contribution in [0.5, 0.6) is 11.5 Å². The Kier molecular flexibility index (Phi) is 7.84. The van der Waals surface area contributed by atoms with Gasteiger partial charge in [0.15, 0.2) is 11.5 Å². The average Bonchev–Trinajstić information content (AvgIpc) is 2.67. The lowest BCUT2D eigenvalue weighted by molar-refractivity contribution is -0.126. The van der Waals surface area contributed by atoms with Gasteiger partial charge in [0.05, 0.1) is 19.9 Å². The summed E-state index contributed by atoms with van der Waals surface area (Å²) in [5.41, 5.74) is 3.69. The van der Waals surface area contributed by atoms with Crippen LogP contribution in [0.25, 0.3) is 0 Å². The number of nitrogens with one attached hydrogen (secondary N) is 2. The van der Waals surface area contributed by atoms with Crippen LogP contribution in [-0.4, -0.2) is 31.7 Å². The Labute approximate surface area is 158 Å². The highest BCUT2D eigenvalue weighted by atomic mass is 16.5. The normalized spacial score (nSPS) is 10.4. The molecule has 2 aromatic carbocycles. The largest absolute Gasteiger partial charge is 0.493 e. The number of nitrogens with zero attached hydrogens (tertiary/aromatic N) is 1. The number of carbonyl (C=O) groups excluding carboxylic acids is 2. The Morgan fingerprint density at radius 3 is 2.56 bits per heavy atom. The number of rotatable bonds is 9. The molecule has 0 aromatic heterocycles. The lowest BCUT2D eigenvalue weighted by Gasteiger charge is -2.10. The highest BCUT2D eigenvalue weighted by Gasteiger charge is 2.09. The molecule has 2 amide bonds. The van der Waals surface area contributed by atoms with E-state index >= 15 is 0 Å². The summed E-state index contributed by atoms with van der Waals surface area (Å²) in [6, 6.07) is 14.3. The number of anilines is 1. The number of hydrogen-bond acceptors (Lipinski definition) is 5. The van der Waals surface area contributed by atoms with E-state index in [1.807, 2.05) is 13.0 Å². The second-order valence-corrected chi connectivity index (χ2v) is 5.64. The van der Waals surface area contributed by atoms with E-state index in [-0.39, 0.29) is 6.42 Å². The van der Waals surface area contributed by atoms with Gasteiger partial charge in [0.25, 0.3) is 0 Å². The number of amides is 2. The molecule has 0 unspecified atom stereocenters. The van der Waals surface area contributed by atoms with Crippen LogP contribution < -0.4 is 20.2 Å². The number of methoxy groups -OCH3 is 1. The predicted octanol–water partition coefficient (Wildman–Crippen LogP) is 2.96. The first-order chi connectivity index (χ1) is 13.1. The molecular formula is C20H23N3O4. The van der Waals surface area contributed by atoms with E-state index in [9.17, 15) is 9.59 Å². The number of hydrogen-bond donors (Lipinski definition) is 2. The molecule has 7 heteroatoms. The first-order valence-electron chi connectivity index (χ1n) is 8.60. The van der Waals surface area contributed by atoms with Gasteiger partial charge in [0, 0.05) is 5.69 Å².